The van der Waals surface area contributed by atoms with Crippen LogP contribution in [0.1, 0.15) is 19.3 Å². The minimum Gasteiger partial charge on any atom is -0.466 e. The lowest BCUT2D eigenvalue weighted by atomic mass is 9.87. The van der Waals surface area contributed by atoms with Crippen molar-refractivity contribution in [1.29, 1.82) is 0 Å². The largest absolute Gasteiger partial charge is 0.466 e. The van der Waals surface area contributed by atoms with Gasteiger partial charge in [-0.25, -0.2) is 4.79 Å². The number of hydrogen-bond acceptors (Lipinski definition) is 3. The minimum absolute atomic E-state index is 0.132. The van der Waals surface area contributed by atoms with Crippen molar-refractivity contribution < 1.29 is 14.3 Å². The first-order valence-electron chi connectivity index (χ1n) is 5.61. The molecule has 2 bridgehead atoms. The van der Waals surface area contributed by atoms with E-state index < -0.39 is 5.60 Å². The van der Waals surface area contributed by atoms with Crippen LogP contribution in [-0.2, 0) is 14.3 Å². The van der Waals surface area contributed by atoms with Gasteiger partial charge in [0.05, 0.1) is 12.7 Å². The van der Waals surface area contributed by atoms with Crippen LogP contribution in [0.3, 0.4) is 0 Å². The van der Waals surface area contributed by atoms with E-state index in [9.17, 15) is 4.79 Å². The summed E-state index contributed by atoms with van der Waals surface area (Å²) >= 11 is 3.43. The van der Waals surface area contributed by atoms with E-state index in [-0.39, 0.29) is 12.1 Å². The van der Waals surface area contributed by atoms with Crippen LogP contribution in [-0.4, -0.2) is 24.8 Å². The lowest BCUT2D eigenvalue weighted by Crippen LogP contribution is -2.31. The van der Waals surface area contributed by atoms with E-state index in [0.29, 0.717) is 5.57 Å². The lowest BCUT2D eigenvalue weighted by molar-refractivity contribution is -0.138. The Morgan fingerprint density at radius 3 is 3.18 bits per heavy atom. The van der Waals surface area contributed by atoms with Crippen molar-refractivity contribution >= 4 is 21.9 Å². The van der Waals surface area contributed by atoms with Gasteiger partial charge >= 0.3 is 5.97 Å². The zero-order valence-corrected chi connectivity index (χ0v) is 11.3. The zero-order chi connectivity index (χ0) is 12.5. The Bertz CT molecular complexity index is 411. The Hall–Kier alpha value is -0.870. The fourth-order valence-electron chi connectivity index (χ4n) is 2.32. The SMILES string of the molecule is C=CCCC[C@@]12C=C[C@@H](O1)C(Br)=C2C(=O)OC. The second-order valence-electron chi connectivity index (χ2n) is 4.18. The number of unbranched alkanes of at least 4 members (excludes halogenated alkanes) is 1. The van der Waals surface area contributed by atoms with Crippen molar-refractivity contribution in [3.8, 4) is 0 Å². The third-order valence-corrected chi connectivity index (χ3v) is 3.98. The van der Waals surface area contributed by atoms with Crippen molar-refractivity contribution in [1.82, 2.24) is 0 Å². The molecule has 2 atom stereocenters. The second-order valence-corrected chi connectivity index (χ2v) is 5.04. The molecule has 2 aliphatic heterocycles. The Morgan fingerprint density at radius 1 is 1.76 bits per heavy atom. The van der Waals surface area contributed by atoms with Gasteiger partial charge in [-0.3, -0.25) is 0 Å². The summed E-state index contributed by atoms with van der Waals surface area (Å²) in [6.45, 7) is 3.70. The summed E-state index contributed by atoms with van der Waals surface area (Å²) in [6.07, 6.45) is 8.30. The van der Waals surface area contributed by atoms with Crippen LogP contribution >= 0.6 is 15.9 Å². The fraction of sp³-hybridized carbons (Fsp3) is 0.462. The predicted molar refractivity (Wildman–Crippen MR) is 68.8 cm³/mol. The summed E-state index contributed by atoms with van der Waals surface area (Å²) in [4.78, 5) is 11.8. The molecular weight excluding hydrogens is 284 g/mol. The van der Waals surface area contributed by atoms with Crippen LogP contribution in [0.5, 0.6) is 0 Å². The van der Waals surface area contributed by atoms with E-state index >= 15 is 0 Å². The van der Waals surface area contributed by atoms with Crippen molar-refractivity contribution in [2.75, 3.05) is 7.11 Å². The molecule has 2 heterocycles. The topological polar surface area (TPSA) is 35.5 Å². The van der Waals surface area contributed by atoms with Gasteiger partial charge in [-0.2, -0.15) is 0 Å². The summed E-state index contributed by atoms with van der Waals surface area (Å²) < 4.78 is 11.5. The minimum atomic E-state index is -0.598. The molecule has 0 fully saturated rings. The molecule has 17 heavy (non-hydrogen) atoms. The number of hydrogen-bond donors (Lipinski definition) is 0. The Kier molecular flexibility index (Phi) is 3.54. The highest BCUT2D eigenvalue weighted by Crippen LogP contribution is 2.48. The van der Waals surface area contributed by atoms with Crippen LogP contribution in [0.4, 0.5) is 0 Å². The van der Waals surface area contributed by atoms with E-state index in [1.807, 2.05) is 18.2 Å². The van der Waals surface area contributed by atoms with E-state index in [0.717, 1.165) is 23.7 Å². The summed E-state index contributed by atoms with van der Waals surface area (Å²) in [5.41, 5.74) is 0.0103. The maximum absolute atomic E-state index is 11.8. The molecule has 0 saturated heterocycles. The molecule has 2 aliphatic rings. The van der Waals surface area contributed by atoms with E-state index in [1.54, 1.807) is 0 Å². The predicted octanol–water partition coefficient (Wildman–Crippen LogP) is 2.87. The van der Waals surface area contributed by atoms with Crippen molar-refractivity contribution in [2.24, 2.45) is 0 Å². The maximum atomic E-state index is 11.8. The smallest absolute Gasteiger partial charge is 0.337 e. The second kappa shape index (κ2) is 4.78. The molecule has 0 aromatic rings. The van der Waals surface area contributed by atoms with Crippen molar-refractivity contribution in [3.05, 3.63) is 34.9 Å². The van der Waals surface area contributed by atoms with Gasteiger partial charge in [0.1, 0.15) is 11.7 Å². The van der Waals surface area contributed by atoms with Crippen LogP contribution in [0, 0.1) is 0 Å². The molecule has 0 radical (unpaired) electrons. The van der Waals surface area contributed by atoms with Crippen LogP contribution in [0.2, 0.25) is 0 Å². The molecule has 0 saturated carbocycles. The first-order chi connectivity index (χ1) is 8.14. The van der Waals surface area contributed by atoms with Gasteiger partial charge in [-0.1, -0.05) is 28.1 Å². The molecule has 0 aromatic carbocycles. The van der Waals surface area contributed by atoms with Crippen molar-refractivity contribution in [3.63, 3.8) is 0 Å². The highest BCUT2D eigenvalue weighted by atomic mass is 79.9. The molecule has 0 aliphatic carbocycles. The molecule has 0 N–H and O–H groups in total. The molecule has 0 amide bonds. The number of carbonyl (C=O) groups is 1. The zero-order valence-electron chi connectivity index (χ0n) is 9.74. The molecule has 2 rings (SSSR count). The third-order valence-electron chi connectivity index (χ3n) is 3.14. The molecule has 0 spiro atoms. The number of ether oxygens (including phenoxy) is 2. The molecule has 3 nitrogen and oxygen atoms in total. The maximum Gasteiger partial charge on any atom is 0.337 e. The Balaban J connectivity index is 2.22. The molecule has 0 aromatic heterocycles. The van der Waals surface area contributed by atoms with Gasteiger partial charge in [0.2, 0.25) is 0 Å². The normalized spacial score (nSPS) is 29.9. The average Bonchev–Trinajstić information content (AvgIpc) is 2.85. The van der Waals surface area contributed by atoms with Crippen molar-refractivity contribution in [2.45, 2.75) is 31.0 Å². The Morgan fingerprint density at radius 2 is 2.53 bits per heavy atom. The monoisotopic (exact) mass is 298 g/mol. The van der Waals surface area contributed by atoms with Gasteiger partial charge in [-0.05, 0) is 25.3 Å². The molecule has 92 valence electrons. The highest BCUT2D eigenvalue weighted by Gasteiger charge is 2.50. The molecular formula is C13H15BrO3. The standard InChI is InChI=1S/C13H15BrO3/c1-3-4-5-7-13-8-6-9(17-13)11(14)10(13)12(15)16-2/h3,6,8-9H,1,4-5,7H2,2H3/t9-,13+/m1/s1. The summed E-state index contributed by atoms with van der Waals surface area (Å²) in [5.74, 6) is -0.317. The van der Waals surface area contributed by atoms with Gasteiger partial charge < -0.3 is 9.47 Å². The number of esters is 1. The summed E-state index contributed by atoms with van der Waals surface area (Å²) in [6, 6.07) is 0. The van der Waals surface area contributed by atoms with E-state index in [2.05, 4.69) is 22.5 Å². The number of carbonyl (C=O) groups excluding carboxylic acids is 1. The van der Waals surface area contributed by atoms with Gasteiger partial charge in [0, 0.05) is 4.48 Å². The fourth-order valence-corrected chi connectivity index (χ4v) is 3.06. The van der Waals surface area contributed by atoms with Crippen LogP contribution < -0.4 is 0 Å². The summed E-state index contributed by atoms with van der Waals surface area (Å²) in [7, 11) is 1.39. The number of allylic oxidation sites excluding steroid dienone is 1. The number of fused-ring (bicyclic) bond motifs is 2. The van der Waals surface area contributed by atoms with Crippen LogP contribution in [0.25, 0.3) is 0 Å². The Labute approximate surface area is 109 Å². The molecule has 4 heteroatoms. The highest BCUT2D eigenvalue weighted by molar-refractivity contribution is 9.11. The van der Waals surface area contributed by atoms with Crippen LogP contribution in [0.15, 0.2) is 34.9 Å². The van der Waals surface area contributed by atoms with Gasteiger partial charge in [-0.15, -0.1) is 6.58 Å². The van der Waals surface area contributed by atoms with Gasteiger partial charge in [0.15, 0.2) is 0 Å². The van der Waals surface area contributed by atoms with Gasteiger partial charge in [0.25, 0.3) is 0 Å². The number of methoxy groups -OCH3 is 1. The number of halogens is 1. The molecule has 0 unspecified atom stereocenters. The first-order valence-corrected chi connectivity index (χ1v) is 6.40. The first kappa shape index (κ1) is 12.6. The van der Waals surface area contributed by atoms with E-state index in [4.69, 9.17) is 9.47 Å². The average molecular weight is 299 g/mol. The quantitative estimate of drug-likeness (QED) is 0.445. The third kappa shape index (κ3) is 2.00. The summed E-state index contributed by atoms with van der Waals surface area (Å²) in [5, 5.41) is 0. The van der Waals surface area contributed by atoms with E-state index in [1.165, 1.54) is 7.11 Å². The lowest BCUT2D eigenvalue weighted by Gasteiger charge is -2.25. The number of rotatable bonds is 5.